The maximum Gasteiger partial charge on any atom is 0.162 e. The first-order valence-electron chi connectivity index (χ1n) is 4.58. The van der Waals surface area contributed by atoms with Crippen molar-refractivity contribution >= 4 is 29.0 Å². The normalized spacial score (nSPS) is 10.4. The van der Waals surface area contributed by atoms with Crippen LogP contribution in [0.25, 0.3) is 5.69 Å². The number of benzene rings is 1. The highest BCUT2D eigenvalue weighted by Crippen LogP contribution is 2.21. The zero-order chi connectivity index (χ0) is 11.7. The van der Waals surface area contributed by atoms with Crippen LogP contribution in [0.3, 0.4) is 0 Å². The van der Waals surface area contributed by atoms with Gasteiger partial charge >= 0.3 is 0 Å². The summed E-state index contributed by atoms with van der Waals surface area (Å²) in [5.74, 6) is -0.0284. The van der Waals surface area contributed by atoms with Crippen LogP contribution >= 0.6 is 23.2 Å². The van der Waals surface area contributed by atoms with Gasteiger partial charge in [-0.05, 0) is 25.1 Å². The fraction of sp³-hybridized carbons (Fsp3) is 0.0909. The molecule has 2 rings (SSSR count). The summed E-state index contributed by atoms with van der Waals surface area (Å²) in [7, 11) is 0. The molecule has 0 unspecified atom stereocenters. The summed E-state index contributed by atoms with van der Waals surface area (Å²) in [6, 6.07) is 5.09. The third-order valence-corrected chi connectivity index (χ3v) is 2.54. The molecule has 1 heterocycles. The zero-order valence-electron chi connectivity index (χ0n) is 8.45. The predicted octanol–water partition coefficient (Wildman–Crippen LogP) is 3.38. The first kappa shape index (κ1) is 11.2. The van der Waals surface area contributed by atoms with E-state index in [1.54, 1.807) is 29.1 Å². The minimum atomic E-state index is -0.0284. The minimum absolute atomic E-state index is 0.0284. The second-order valence-electron chi connectivity index (χ2n) is 3.36. The number of hydrogen-bond donors (Lipinski definition) is 0. The molecule has 0 saturated heterocycles. The molecule has 1 aromatic heterocycles. The van der Waals surface area contributed by atoms with Crippen LogP contribution in [0.15, 0.2) is 30.6 Å². The first-order chi connectivity index (χ1) is 7.56. The van der Waals surface area contributed by atoms with Crippen molar-refractivity contribution in [3.63, 3.8) is 0 Å². The molecule has 0 bridgehead atoms. The van der Waals surface area contributed by atoms with Crippen molar-refractivity contribution in [3.8, 4) is 5.69 Å². The molecule has 0 saturated carbocycles. The van der Waals surface area contributed by atoms with Crippen molar-refractivity contribution < 1.29 is 4.79 Å². The van der Waals surface area contributed by atoms with E-state index in [0.717, 1.165) is 5.69 Å². The molecule has 16 heavy (non-hydrogen) atoms. The lowest BCUT2D eigenvalue weighted by Gasteiger charge is -2.02. The van der Waals surface area contributed by atoms with Gasteiger partial charge in [-0.2, -0.15) is 5.10 Å². The smallest absolute Gasteiger partial charge is 0.162 e. The molecule has 2 aromatic rings. The Morgan fingerprint density at radius 3 is 2.38 bits per heavy atom. The molecule has 82 valence electrons. The lowest BCUT2D eigenvalue weighted by Crippen LogP contribution is -1.94. The Bertz CT molecular complexity index is 528. The van der Waals surface area contributed by atoms with E-state index in [4.69, 9.17) is 23.2 Å². The van der Waals surface area contributed by atoms with Gasteiger partial charge in [-0.1, -0.05) is 23.2 Å². The maximum atomic E-state index is 11.1. The molecule has 0 N–H and O–H groups in total. The number of carbonyl (C=O) groups excluding carboxylic acids is 1. The van der Waals surface area contributed by atoms with Gasteiger partial charge in [-0.3, -0.25) is 4.79 Å². The molecule has 0 atom stereocenters. The van der Waals surface area contributed by atoms with Crippen molar-refractivity contribution in [2.24, 2.45) is 0 Å². The van der Waals surface area contributed by atoms with Crippen LogP contribution in [0.4, 0.5) is 0 Å². The van der Waals surface area contributed by atoms with E-state index in [9.17, 15) is 4.79 Å². The van der Waals surface area contributed by atoms with E-state index in [1.807, 2.05) is 0 Å². The van der Waals surface area contributed by atoms with Gasteiger partial charge < -0.3 is 0 Å². The molecule has 5 heteroatoms. The molecule has 3 nitrogen and oxygen atoms in total. The Morgan fingerprint density at radius 1 is 1.25 bits per heavy atom. The van der Waals surface area contributed by atoms with Crippen molar-refractivity contribution in [2.75, 3.05) is 0 Å². The molecular weight excluding hydrogens is 247 g/mol. The molecule has 0 spiro atoms. The van der Waals surface area contributed by atoms with E-state index < -0.39 is 0 Å². The Morgan fingerprint density at radius 2 is 1.88 bits per heavy atom. The molecule has 0 aliphatic carbocycles. The van der Waals surface area contributed by atoms with E-state index in [0.29, 0.717) is 15.6 Å². The molecule has 0 amide bonds. The Labute approximate surface area is 103 Å². The van der Waals surface area contributed by atoms with Gasteiger partial charge in [0, 0.05) is 16.2 Å². The summed E-state index contributed by atoms with van der Waals surface area (Å²) in [5, 5.41) is 5.13. The Balaban J connectivity index is 2.46. The maximum absolute atomic E-state index is 11.1. The highest BCUT2D eigenvalue weighted by Gasteiger charge is 2.05. The van der Waals surface area contributed by atoms with Crippen LogP contribution < -0.4 is 0 Å². The van der Waals surface area contributed by atoms with E-state index in [-0.39, 0.29) is 5.78 Å². The third kappa shape index (κ3) is 2.26. The first-order valence-corrected chi connectivity index (χ1v) is 5.34. The minimum Gasteiger partial charge on any atom is -0.294 e. The average Bonchev–Trinajstić information content (AvgIpc) is 2.64. The van der Waals surface area contributed by atoms with E-state index >= 15 is 0 Å². The quantitative estimate of drug-likeness (QED) is 0.771. The third-order valence-electron chi connectivity index (χ3n) is 2.10. The van der Waals surface area contributed by atoms with Crippen molar-refractivity contribution in [1.82, 2.24) is 9.78 Å². The summed E-state index contributed by atoms with van der Waals surface area (Å²) < 4.78 is 1.56. The second kappa shape index (κ2) is 4.28. The Kier molecular flexibility index (Phi) is 2.99. The molecule has 1 aromatic carbocycles. The van der Waals surface area contributed by atoms with Gasteiger partial charge in [0.1, 0.15) is 0 Å². The fourth-order valence-corrected chi connectivity index (χ4v) is 1.83. The SMILES string of the molecule is CC(=O)c1cnn(-c2cc(Cl)cc(Cl)c2)c1. The largest absolute Gasteiger partial charge is 0.294 e. The van der Waals surface area contributed by atoms with Crippen LogP contribution in [0.2, 0.25) is 10.0 Å². The molecule has 0 aliphatic rings. The van der Waals surface area contributed by atoms with Crippen LogP contribution in [0, 0.1) is 0 Å². The summed E-state index contributed by atoms with van der Waals surface area (Å²) in [4.78, 5) is 11.1. The van der Waals surface area contributed by atoms with E-state index in [2.05, 4.69) is 5.10 Å². The summed E-state index contributed by atoms with van der Waals surface area (Å²) in [6.07, 6.45) is 3.15. The lowest BCUT2D eigenvalue weighted by atomic mass is 10.2. The van der Waals surface area contributed by atoms with Gasteiger partial charge in [-0.25, -0.2) is 4.68 Å². The molecule has 0 fully saturated rings. The van der Waals surface area contributed by atoms with Gasteiger partial charge in [0.2, 0.25) is 0 Å². The molecule has 0 aliphatic heterocycles. The number of ketones is 1. The van der Waals surface area contributed by atoms with Gasteiger partial charge in [-0.15, -0.1) is 0 Å². The standard InChI is InChI=1S/C11H8Cl2N2O/c1-7(16)8-5-14-15(6-8)11-3-9(12)2-10(13)4-11/h2-6H,1H3. The van der Waals surface area contributed by atoms with Gasteiger partial charge in [0.25, 0.3) is 0 Å². The van der Waals surface area contributed by atoms with Crippen LogP contribution in [0.5, 0.6) is 0 Å². The van der Waals surface area contributed by atoms with E-state index in [1.165, 1.54) is 13.1 Å². The van der Waals surface area contributed by atoms with Crippen molar-refractivity contribution in [1.29, 1.82) is 0 Å². The topological polar surface area (TPSA) is 34.9 Å². The monoisotopic (exact) mass is 254 g/mol. The molecule has 0 radical (unpaired) electrons. The lowest BCUT2D eigenvalue weighted by molar-refractivity contribution is 0.101. The fourth-order valence-electron chi connectivity index (χ4n) is 1.32. The van der Waals surface area contributed by atoms with Gasteiger partial charge in [0.15, 0.2) is 5.78 Å². The number of rotatable bonds is 2. The summed E-state index contributed by atoms with van der Waals surface area (Å²) >= 11 is 11.8. The van der Waals surface area contributed by atoms with Crippen LogP contribution in [0.1, 0.15) is 17.3 Å². The summed E-state index contributed by atoms with van der Waals surface area (Å²) in [5.41, 5.74) is 1.28. The van der Waals surface area contributed by atoms with Crippen molar-refractivity contribution in [3.05, 3.63) is 46.2 Å². The molecular formula is C11H8Cl2N2O. The van der Waals surface area contributed by atoms with Crippen molar-refractivity contribution in [2.45, 2.75) is 6.92 Å². The number of halogens is 2. The predicted molar refractivity (Wildman–Crippen MR) is 63.6 cm³/mol. The number of carbonyl (C=O) groups is 1. The Hall–Kier alpha value is -1.32. The highest BCUT2D eigenvalue weighted by molar-refractivity contribution is 6.34. The van der Waals surface area contributed by atoms with Gasteiger partial charge in [0.05, 0.1) is 17.4 Å². The van der Waals surface area contributed by atoms with Crippen LogP contribution in [-0.4, -0.2) is 15.6 Å². The zero-order valence-corrected chi connectivity index (χ0v) is 9.96. The highest BCUT2D eigenvalue weighted by atomic mass is 35.5. The second-order valence-corrected chi connectivity index (χ2v) is 4.23. The number of hydrogen-bond acceptors (Lipinski definition) is 2. The number of Topliss-reactive ketones (excluding diaryl/α,β-unsaturated/α-hetero) is 1. The number of aromatic nitrogens is 2. The number of nitrogens with zero attached hydrogens (tertiary/aromatic N) is 2. The average molecular weight is 255 g/mol. The van der Waals surface area contributed by atoms with Crippen LogP contribution in [-0.2, 0) is 0 Å². The summed E-state index contributed by atoms with van der Waals surface area (Å²) in [6.45, 7) is 1.49.